The third kappa shape index (κ3) is 2.46. The Morgan fingerprint density at radius 3 is 2.62 bits per heavy atom. The molecule has 0 bridgehead atoms. The van der Waals surface area contributed by atoms with Gasteiger partial charge in [-0.05, 0) is 44.1 Å². The standard InChI is InChI=1S/C12H23N/c1-10-4-2-5-11(8-7-10)12-6-3-9-13-12/h10-13H,2-9H2,1H3. The van der Waals surface area contributed by atoms with Crippen LogP contribution in [0.3, 0.4) is 0 Å². The summed E-state index contributed by atoms with van der Waals surface area (Å²) in [5.74, 6) is 2.00. The van der Waals surface area contributed by atoms with E-state index in [4.69, 9.17) is 0 Å². The van der Waals surface area contributed by atoms with E-state index in [0.29, 0.717) is 0 Å². The van der Waals surface area contributed by atoms with Crippen molar-refractivity contribution in [3.05, 3.63) is 0 Å². The second-order valence-corrected chi connectivity index (χ2v) is 5.08. The van der Waals surface area contributed by atoms with Gasteiger partial charge >= 0.3 is 0 Å². The first-order valence-corrected chi connectivity index (χ1v) is 6.09. The summed E-state index contributed by atoms with van der Waals surface area (Å²) in [6.45, 7) is 3.70. The molecule has 1 N–H and O–H groups in total. The summed E-state index contributed by atoms with van der Waals surface area (Å²) >= 11 is 0. The van der Waals surface area contributed by atoms with E-state index in [-0.39, 0.29) is 0 Å². The zero-order valence-corrected chi connectivity index (χ0v) is 8.89. The molecule has 13 heavy (non-hydrogen) atoms. The van der Waals surface area contributed by atoms with Crippen molar-refractivity contribution in [1.82, 2.24) is 5.32 Å². The van der Waals surface area contributed by atoms with Crippen LogP contribution in [-0.4, -0.2) is 12.6 Å². The molecule has 2 rings (SSSR count). The zero-order valence-electron chi connectivity index (χ0n) is 8.89. The van der Waals surface area contributed by atoms with Crippen LogP contribution in [0.25, 0.3) is 0 Å². The maximum absolute atomic E-state index is 3.67. The predicted molar refractivity (Wildman–Crippen MR) is 56.8 cm³/mol. The molecule has 0 aromatic rings. The largest absolute Gasteiger partial charge is 0.314 e. The molecule has 0 aromatic carbocycles. The van der Waals surface area contributed by atoms with Crippen molar-refractivity contribution in [3.63, 3.8) is 0 Å². The Hall–Kier alpha value is -0.0400. The van der Waals surface area contributed by atoms with E-state index in [9.17, 15) is 0 Å². The Bertz CT molecular complexity index is 149. The molecule has 1 nitrogen and oxygen atoms in total. The average molecular weight is 181 g/mol. The molecule has 2 fully saturated rings. The number of nitrogens with one attached hydrogen (secondary N) is 1. The van der Waals surface area contributed by atoms with Crippen LogP contribution in [0, 0.1) is 11.8 Å². The Labute approximate surface area is 82.3 Å². The third-order valence-electron chi connectivity index (χ3n) is 3.97. The lowest BCUT2D eigenvalue weighted by atomic mass is 9.90. The summed E-state index contributed by atoms with van der Waals surface area (Å²) in [5, 5.41) is 3.67. The Morgan fingerprint density at radius 2 is 1.85 bits per heavy atom. The van der Waals surface area contributed by atoms with Crippen molar-refractivity contribution in [3.8, 4) is 0 Å². The quantitative estimate of drug-likeness (QED) is 0.613. The first-order valence-electron chi connectivity index (χ1n) is 6.09. The van der Waals surface area contributed by atoms with Gasteiger partial charge in [0.05, 0.1) is 0 Å². The van der Waals surface area contributed by atoms with Gasteiger partial charge in [0, 0.05) is 6.04 Å². The van der Waals surface area contributed by atoms with Gasteiger partial charge in [0.2, 0.25) is 0 Å². The highest BCUT2D eigenvalue weighted by atomic mass is 14.9. The van der Waals surface area contributed by atoms with Crippen molar-refractivity contribution in [2.24, 2.45) is 11.8 Å². The molecule has 76 valence electrons. The lowest BCUT2D eigenvalue weighted by molar-refractivity contribution is 0.345. The normalized spacial score (nSPS) is 41.8. The molecule has 0 radical (unpaired) electrons. The van der Waals surface area contributed by atoms with Gasteiger partial charge in [0.15, 0.2) is 0 Å². The molecule has 1 heteroatoms. The summed E-state index contributed by atoms with van der Waals surface area (Å²) in [4.78, 5) is 0. The van der Waals surface area contributed by atoms with Gasteiger partial charge in [-0.3, -0.25) is 0 Å². The average Bonchev–Trinajstić information content (AvgIpc) is 2.56. The van der Waals surface area contributed by atoms with E-state index in [1.807, 2.05) is 0 Å². The molecule has 2 aliphatic rings. The highest BCUT2D eigenvalue weighted by molar-refractivity contribution is 4.83. The summed E-state index contributed by atoms with van der Waals surface area (Å²) in [6, 6.07) is 0.880. The molecule has 0 aromatic heterocycles. The molecule has 3 unspecified atom stereocenters. The minimum Gasteiger partial charge on any atom is -0.314 e. The van der Waals surface area contributed by atoms with E-state index < -0.39 is 0 Å². The van der Waals surface area contributed by atoms with E-state index in [1.54, 1.807) is 0 Å². The van der Waals surface area contributed by atoms with Gasteiger partial charge in [0.1, 0.15) is 0 Å². The number of hydrogen-bond donors (Lipinski definition) is 1. The molecule has 0 amide bonds. The number of rotatable bonds is 1. The molecule has 3 atom stereocenters. The van der Waals surface area contributed by atoms with Crippen LogP contribution in [0.4, 0.5) is 0 Å². The Morgan fingerprint density at radius 1 is 0.923 bits per heavy atom. The zero-order chi connectivity index (χ0) is 9.10. The molecular weight excluding hydrogens is 158 g/mol. The highest BCUT2D eigenvalue weighted by Crippen LogP contribution is 2.31. The molecular formula is C12H23N. The fourth-order valence-corrected chi connectivity index (χ4v) is 3.03. The second kappa shape index (κ2) is 4.45. The maximum Gasteiger partial charge on any atom is 0.00957 e. The fraction of sp³-hybridized carbons (Fsp3) is 1.00. The van der Waals surface area contributed by atoms with Gasteiger partial charge in [-0.15, -0.1) is 0 Å². The summed E-state index contributed by atoms with van der Waals surface area (Å²) in [7, 11) is 0. The first-order chi connectivity index (χ1) is 6.36. The topological polar surface area (TPSA) is 12.0 Å². The monoisotopic (exact) mass is 181 g/mol. The van der Waals surface area contributed by atoms with Gasteiger partial charge in [-0.25, -0.2) is 0 Å². The molecule has 1 aliphatic heterocycles. The minimum absolute atomic E-state index is 0.880. The third-order valence-corrected chi connectivity index (χ3v) is 3.97. The molecule has 1 saturated carbocycles. The van der Waals surface area contributed by atoms with E-state index in [2.05, 4.69) is 12.2 Å². The van der Waals surface area contributed by atoms with Crippen LogP contribution >= 0.6 is 0 Å². The van der Waals surface area contributed by atoms with Crippen molar-refractivity contribution < 1.29 is 0 Å². The van der Waals surface area contributed by atoms with Crippen LogP contribution in [0.2, 0.25) is 0 Å². The molecule has 1 saturated heterocycles. The highest BCUT2D eigenvalue weighted by Gasteiger charge is 2.26. The van der Waals surface area contributed by atoms with Crippen molar-refractivity contribution in [2.45, 2.75) is 57.9 Å². The SMILES string of the molecule is CC1CCCC(C2CCCN2)CC1. The first kappa shape index (κ1) is 9.51. The van der Waals surface area contributed by atoms with Crippen LogP contribution in [0.15, 0.2) is 0 Å². The number of hydrogen-bond acceptors (Lipinski definition) is 1. The minimum atomic E-state index is 0.880. The van der Waals surface area contributed by atoms with Crippen molar-refractivity contribution in [1.29, 1.82) is 0 Å². The van der Waals surface area contributed by atoms with Crippen molar-refractivity contribution >= 4 is 0 Å². The summed E-state index contributed by atoms with van der Waals surface area (Å²) < 4.78 is 0. The second-order valence-electron chi connectivity index (χ2n) is 5.08. The predicted octanol–water partition coefficient (Wildman–Crippen LogP) is 2.95. The Balaban J connectivity index is 1.84. The van der Waals surface area contributed by atoms with Crippen LogP contribution in [0.5, 0.6) is 0 Å². The Kier molecular flexibility index (Phi) is 3.26. The smallest absolute Gasteiger partial charge is 0.00957 e. The van der Waals surface area contributed by atoms with Crippen LogP contribution in [0.1, 0.15) is 51.9 Å². The maximum atomic E-state index is 3.67. The summed E-state index contributed by atoms with van der Waals surface area (Å²) in [6.07, 6.45) is 10.3. The van der Waals surface area contributed by atoms with Crippen molar-refractivity contribution in [2.75, 3.05) is 6.54 Å². The lowest BCUT2D eigenvalue weighted by Gasteiger charge is -2.21. The van der Waals surface area contributed by atoms with Crippen LogP contribution in [-0.2, 0) is 0 Å². The van der Waals surface area contributed by atoms with E-state index in [0.717, 1.165) is 17.9 Å². The lowest BCUT2D eigenvalue weighted by Crippen LogP contribution is -2.30. The molecule has 1 aliphatic carbocycles. The molecule has 0 spiro atoms. The van der Waals surface area contributed by atoms with Gasteiger partial charge in [0.25, 0.3) is 0 Å². The molecule has 1 heterocycles. The van der Waals surface area contributed by atoms with Gasteiger partial charge in [-0.2, -0.15) is 0 Å². The van der Waals surface area contributed by atoms with E-state index >= 15 is 0 Å². The fourth-order valence-electron chi connectivity index (χ4n) is 3.03. The van der Waals surface area contributed by atoms with E-state index in [1.165, 1.54) is 51.5 Å². The van der Waals surface area contributed by atoms with Gasteiger partial charge in [-0.1, -0.05) is 26.2 Å². The van der Waals surface area contributed by atoms with Gasteiger partial charge < -0.3 is 5.32 Å². The summed E-state index contributed by atoms with van der Waals surface area (Å²) in [5.41, 5.74) is 0. The van der Waals surface area contributed by atoms with Crippen LogP contribution < -0.4 is 5.32 Å².